The molecule has 0 bridgehead atoms. The number of hydrogen-bond acceptors (Lipinski definition) is 2. The molecule has 0 amide bonds. The first-order chi connectivity index (χ1) is 7.97. The minimum absolute atomic E-state index is 0.190. The van der Waals surface area contributed by atoms with Crippen LogP contribution in [0.4, 0.5) is 0 Å². The predicted molar refractivity (Wildman–Crippen MR) is 73.3 cm³/mol. The number of benzene rings is 1. The Bertz CT molecular complexity index is 327. The first kappa shape index (κ1) is 14.2. The fraction of sp³-hybridized carbons (Fsp3) is 0.600. The van der Waals surface area contributed by atoms with Gasteiger partial charge in [0.2, 0.25) is 0 Å². The summed E-state index contributed by atoms with van der Waals surface area (Å²) in [7, 11) is 0. The molecule has 96 valence electrons. The lowest BCUT2D eigenvalue weighted by Gasteiger charge is -2.14. The zero-order valence-corrected chi connectivity index (χ0v) is 11.5. The number of nitrogens with two attached hydrogens (primary N) is 1. The average molecular weight is 235 g/mol. The van der Waals surface area contributed by atoms with Crippen LogP contribution in [-0.2, 0) is 11.2 Å². The van der Waals surface area contributed by atoms with Crippen molar-refractivity contribution in [2.75, 3.05) is 6.61 Å². The van der Waals surface area contributed by atoms with Gasteiger partial charge in [0.25, 0.3) is 0 Å². The van der Waals surface area contributed by atoms with E-state index in [2.05, 4.69) is 45.9 Å². The molecule has 2 heteroatoms. The summed E-state index contributed by atoms with van der Waals surface area (Å²) < 4.78 is 5.52. The first-order valence-corrected chi connectivity index (χ1v) is 6.41. The molecule has 0 aliphatic rings. The lowest BCUT2D eigenvalue weighted by molar-refractivity contribution is 0.0737. The molecule has 0 heterocycles. The Hall–Kier alpha value is -0.860. The molecule has 0 fully saturated rings. The predicted octanol–water partition coefficient (Wildman–Crippen LogP) is 2.99. The third kappa shape index (κ3) is 5.85. The van der Waals surface area contributed by atoms with Crippen LogP contribution in [0.25, 0.3) is 0 Å². The molecule has 0 aliphatic heterocycles. The highest BCUT2D eigenvalue weighted by Crippen LogP contribution is 2.11. The van der Waals surface area contributed by atoms with Gasteiger partial charge >= 0.3 is 0 Å². The van der Waals surface area contributed by atoms with E-state index in [1.165, 1.54) is 16.7 Å². The highest BCUT2D eigenvalue weighted by atomic mass is 16.5. The van der Waals surface area contributed by atoms with Crippen LogP contribution in [0.15, 0.2) is 18.2 Å². The van der Waals surface area contributed by atoms with Gasteiger partial charge in [-0.1, -0.05) is 29.3 Å². The van der Waals surface area contributed by atoms with Crippen molar-refractivity contribution in [1.29, 1.82) is 0 Å². The van der Waals surface area contributed by atoms with Crippen molar-refractivity contribution in [2.24, 2.45) is 5.73 Å². The fourth-order valence-corrected chi connectivity index (χ4v) is 2.05. The number of rotatable bonds is 6. The van der Waals surface area contributed by atoms with Crippen LogP contribution in [0.1, 0.15) is 37.0 Å². The van der Waals surface area contributed by atoms with Gasteiger partial charge in [0.05, 0.1) is 6.10 Å². The molecule has 1 unspecified atom stereocenters. The van der Waals surface area contributed by atoms with E-state index >= 15 is 0 Å². The van der Waals surface area contributed by atoms with Gasteiger partial charge in [-0.2, -0.15) is 0 Å². The summed E-state index contributed by atoms with van der Waals surface area (Å²) in [5, 5.41) is 0. The monoisotopic (exact) mass is 235 g/mol. The van der Waals surface area contributed by atoms with Crippen molar-refractivity contribution in [2.45, 2.75) is 52.7 Å². The van der Waals surface area contributed by atoms with Crippen LogP contribution in [0.2, 0.25) is 0 Å². The Labute approximate surface area is 105 Å². The highest BCUT2D eigenvalue weighted by Gasteiger charge is 2.05. The largest absolute Gasteiger partial charge is 0.379 e. The maximum atomic E-state index is 6.11. The molecular formula is C15H25NO. The number of aryl methyl sites for hydroxylation is 2. The van der Waals surface area contributed by atoms with E-state index < -0.39 is 0 Å². The van der Waals surface area contributed by atoms with Crippen LogP contribution in [0.5, 0.6) is 0 Å². The summed E-state index contributed by atoms with van der Waals surface area (Å²) >= 11 is 0. The Balaban J connectivity index is 2.42. The molecule has 2 nitrogen and oxygen atoms in total. The molecule has 1 aromatic rings. The van der Waals surface area contributed by atoms with E-state index in [4.69, 9.17) is 10.5 Å². The Morgan fingerprint density at radius 3 is 2.24 bits per heavy atom. The van der Waals surface area contributed by atoms with E-state index in [1.54, 1.807) is 0 Å². The highest BCUT2D eigenvalue weighted by molar-refractivity contribution is 5.29. The lowest BCUT2D eigenvalue weighted by atomic mass is 10.0. The summed E-state index contributed by atoms with van der Waals surface area (Å²) in [6, 6.07) is 6.82. The molecular weight excluding hydrogens is 210 g/mol. The van der Waals surface area contributed by atoms with Gasteiger partial charge in [-0.3, -0.25) is 0 Å². The van der Waals surface area contributed by atoms with Crippen molar-refractivity contribution >= 4 is 0 Å². The molecule has 0 aliphatic carbocycles. The van der Waals surface area contributed by atoms with Gasteiger partial charge in [-0.25, -0.2) is 0 Å². The summed E-state index contributed by atoms with van der Waals surface area (Å²) in [5.41, 5.74) is 10.1. The van der Waals surface area contributed by atoms with E-state index in [0.717, 1.165) is 19.4 Å². The van der Waals surface area contributed by atoms with Gasteiger partial charge in [0.1, 0.15) is 0 Å². The smallest absolute Gasteiger partial charge is 0.0518 e. The second-order valence-corrected chi connectivity index (χ2v) is 5.17. The molecule has 0 saturated heterocycles. The van der Waals surface area contributed by atoms with Gasteiger partial charge in [-0.15, -0.1) is 0 Å². The summed E-state index contributed by atoms with van der Waals surface area (Å²) in [6.45, 7) is 9.11. The number of ether oxygens (including phenoxy) is 1. The average Bonchev–Trinajstić information content (AvgIpc) is 2.14. The van der Waals surface area contributed by atoms with Gasteiger partial charge in [-0.05, 0) is 46.1 Å². The second kappa shape index (κ2) is 6.77. The van der Waals surface area contributed by atoms with E-state index in [1.807, 2.05) is 0 Å². The zero-order valence-electron chi connectivity index (χ0n) is 11.5. The molecule has 0 saturated carbocycles. The van der Waals surface area contributed by atoms with Crippen molar-refractivity contribution in [1.82, 2.24) is 0 Å². The normalized spacial score (nSPS) is 13.1. The Kier molecular flexibility index (Phi) is 5.66. The van der Waals surface area contributed by atoms with E-state index in [0.29, 0.717) is 6.10 Å². The minimum atomic E-state index is 0.190. The summed E-state index contributed by atoms with van der Waals surface area (Å²) in [5.74, 6) is 0. The maximum absolute atomic E-state index is 6.11. The third-order valence-corrected chi connectivity index (χ3v) is 2.72. The zero-order chi connectivity index (χ0) is 12.8. The van der Waals surface area contributed by atoms with Crippen LogP contribution >= 0.6 is 0 Å². The number of hydrogen-bond donors (Lipinski definition) is 1. The minimum Gasteiger partial charge on any atom is -0.379 e. The summed E-state index contributed by atoms with van der Waals surface area (Å²) in [4.78, 5) is 0. The second-order valence-electron chi connectivity index (χ2n) is 5.17. The topological polar surface area (TPSA) is 35.2 Å². The molecule has 0 aromatic heterocycles. The van der Waals surface area contributed by atoms with E-state index in [-0.39, 0.29) is 6.04 Å². The van der Waals surface area contributed by atoms with Crippen LogP contribution in [0, 0.1) is 13.8 Å². The van der Waals surface area contributed by atoms with Crippen LogP contribution in [-0.4, -0.2) is 18.8 Å². The molecule has 2 N–H and O–H groups in total. The van der Waals surface area contributed by atoms with Gasteiger partial charge in [0.15, 0.2) is 0 Å². The van der Waals surface area contributed by atoms with Crippen LogP contribution in [0.3, 0.4) is 0 Å². The Morgan fingerprint density at radius 1 is 1.12 bits per heavy atom. The molecule has 0 spiro atoms. The van der Waals surface area contributed by atoms with Crippen molar-refractivity contribution in [3.8, 4) is 0 Å². The molecule has 1 rings (SSSR count). The van der Waals surface area contributed by atoms with E-state index in [9.17, 15) is 0 Å². The quantitative estimate of drug-likeness (QED) is 0.822. The van der Waals surface area contributed by atoms with Crippen molar-refractivity contribution in [3.05, 3.63) is 34.9 Å². The van der Waals surface area contributed by atoms with Crippen molar-refractivity contribution < 1.29 is 4.74 Å². The maximum Gasteiger partial charge on any atom is 0.0518 e. The lowest BCUT2D eigenvalue weighted by Crippen LogP contribution is -2.25. The SMILES string of the molecule is Cc1cc(C)cc(CC(N)CCOC(C)C)c1. The molecule has 17 heavy (non-hydrogen) atoms. The van der Waals surface area contributed by atoms with Gasteiger partial charge in [0, 0.05) is 12.6 Å². The standard InChI is InChI=1S/C15H25NO/c1-11(2)17-6-5-15(16)10-14-8-12(3)7-13(4)9-14/h7-9,11,15H,5-6,10,16H2,1-4H3. The summed E-state index contributed by atoms with van der Waals surface area (Å²) in [6.07, 6.45) is 2.15. The molecule has 0 radical (unpaired) electrons. The fourth-order valence-electron chi connectivity index (χ4n) is 2.05. The molecule has 1 aromatic carbocycles. The third-order valence-electron chi connectivity index (χ3n) is 2.72. The Morgan fingerprint density at radius 2 is 1.71 bits per heavy atom. The van der Waals surface area contributed by atoms with Crippen LogP contribution < -0.4 is 5.73 Å². The molecule has 1 atom stereocenters. The van der Waals surface area contributed by atoms with Gasteiger partial charge < -0.3 is 10.5 Å². The first-order valence-electron chi connectivity index (χ1n) is 6.41. The van der Waals surface area contributed by atoms with Crippen molar-refractivity contribution in [3.63, 3.8) is 0 Å².